The lowest BCUT2D eigenvalue weighted by Crippen LogP contribution is -2.49. The van der Waals surface area contributed by atoms with Crippen LogP contribution in [0.25, 0.3) is 22.6 Å². The molecule has 8 nitrogen and oxygen atoms in total. The first-order valence-corrected chi connectivity index (χ1v) is 11.5. The zero-order chi connectivity index (χ0) is 24.9. The highest BCUT2D eigenvalue weighted by atomic mass is 19.3. The third-order valence-electron chi connectivity index (χ3n) is 5.96. The van der Waals surface area contributed by atoms with E-state index in [-0.39, 0.29) is 18.2 Å². The molecule has 0 saturated carbocycles. The van der Waals surface area contributed by atoms with E-state index in [0.717, 1.165) is 17.1 Å². The molecule has 4 aromatic rings. The fourth-order valence-corrected chi connectivity index (χ4v) is 4.16. The molecule has 0 aliphatic carbocycles. The van der Waals surface area contributed by atoms with Crippen LogP contribution >= 0.6 is 0 Å². The molecule has 184 valence electrons. The van der Waals surface area contributed by atoms with Gasteiger partial charge in [-0.2, -0.15) is 13.9 Å². The number of nitrogens with zero attached hydrogens (tertiary/aromatic N) is 6. The standard InChI is InChI=1S/C26H24F2N6O2/c27-26(28)36-20-9-10-21(30-17-20)22-16-23(19-6-2-1-3-7-19)34(31-22)18-25(35)33-14-12-32(13-15-33)24-8-4-5-11-29-24/h1-11,16-17,26H,12-15,18H2. The molecule has 1 aromatic carbocycles. The normalized spacial score (nSPS) is 13.8. The summed E-state index contributed by atoms with van der Waals surface area (Å²) in [6, 6.07) is 20.3. The number of hydrogen-bond donors (Lipinski definition) is 0. The summed E-state index contributed by atoms with van der Waals surface area (Å²) in [6.07, 6.45) is 3.00. The summed E-state index contributed by atoms with van der Waals surface area (Å²) in [4.78, 5) is 25.8. The SMILES string of the molecule is O=C(Cn1nc(-c2ccc(OC(F)F)cn2)cc1-c1ccccc1)N1CCN(c2ccccn2)CC1. The summed E-state index contributed by atoms with van der Waals surface area (Å²) in [5.41, 5.74) is 2.69. The van der Waals surface area contributed by atoms with Crippen molar-refractivity contribution in [2.45, 2.75) is 13.2 Å². The van der Waals surface area contributed by atoms with Crippen molar-refractivity contribution in [1.29, 1.82) is 0 Å². The molecule has 4 heterocycles. The molecular formula is C26H24F2N6O2. The first-order chi connectivity index (χ1) is 17.6. The zero-order valence-corrected chi connectivity index (χ0v) is 19.4. The van der Waals surface area contributed by atoms with Gasteiger partial charge in [0.1, 0.15) is 23.8 Å². The minimum atomic E-state index is -2.92. The first-order valence-electron chi connectivity index (χ1n) is 11.5. The van der Waals surface area contributed by atoms with Gasteiger partial charge in [-0.05, 0) is 35.9 Å². The maximum Gasteiger partial charge on any atom is 0.387 e. The van der Waals surface area contributed by atoms with Crippen molar-refractivity contribution < 1.29 is 18.3 Å². The van der Waals surface area contributed by atoms with Gasteiger partial charge in [-0.3, -0.25) is 14.5 Å². The number of rotatable bonds is 7. The molecule has 10 heteroatoms. The Bertz CT molecular complexity index is 1290. The first kappa shape index (κ1) is 23.4. The number of alkyl halides is 2. The highest BCUT2D eigenvalue weighted by Gasteiger charge is 2.23. The summed E-state index contributed by atoms with van der Waals surface area (Å²) in [5.74, 6) is 0.845. The highest BCUT2D eigenvalue weighted by molar-refractivity contribution is 5.78. The molecule has 0 N–H and O–H groups in total. The van der Waals surface area contributed by atoms with E-state index in [1.807, 2.05) is 59.5 Å². The Morgan fingerprint density at radius 2 is 1.69 bits per heavy atom. The number of benzene rings is 1. The predicted octanol–water partition coefficient (Wildman–Crippen LogP) is 3.96. The predicted molar refractivity (Wildman–Crippen MR) is 131 cm³/mol. The van der Waals surface area contributed by atoms with Crippen LogP contribution in [0.5, 0.6) is 5.75 Å². The van der Waals surface area contributed by atoms with Gasteiger partial charge in [0.15, 0.2) is 0 Å². The average molecular weight is 491 g/mol. The van der Waals surface area contributed by atoms with E-state index in [4.69, 9.17) is 0 Å². The summed E-state index contributed by atoms with van der Waals surface area (Å²) < 4.78 is 31.0. The summed E-state index contributed by atoms with van der Waals surface area (Å²) in [5, 5.41) is 4.64. The van der Waals surface area contributed by atoms with Gasteiger partial charge in [-0.25, -0.2) is 4.98 Å². The van der Waals surface area contributed by atoms with Gasteiger partial charge in [0, 0.05) is 32.4 Å². The van der Waals surface area contributed by atoms with E-state index in [0.29, 0.717) is 37.6 Å². The van der Waals surface area contributed by atoms with Crippen LogP contribution < -0.4 is 9.64 Å². The summed E-state index contributed by atoms with van der Waals surface area (Å²) in [6.45, 7) is -0.251. The van der Waals surface area contributed by atoms with Gasteiger partial charge in [0.25, 0.3) is 0 Å². The quantitative estimate of drug-likeness (QED) is 0.390. The van der Waals surface area contributed by atoms with Gasteiger partial charge in [-0.15, -0.1) is 0 Å². The number of carbonyl (C=O) groups is 1. The van der Waals surface area contributed by atoms with Crippen LogP contribution in [0.1, 0.15) is 0 Å². The van der Waals surface area contributed by atoms with E-state index in [9.17, 15) is 13.6 Å². The second kappa shape index (κ2) is 10.5. The molecule has 1 aliphatic rings. The molecule has 36 heavy (non-hydrogen) atoms. The van der Waals surface area contributed by atoms with Crippen LogP contribution in [-0.2, 0) is 11.3 Å². The van der Waals surface area contributed by atoms with Gasteiger partial charge in [0.2, 0.25) is 5.91 Å². The Hall–Kier alpha value is -4.34. The van der Waals surface area contributed by atoms with Crippen LogP contribution in [0.3, 0.4) is 0 Å². The van der Waals surface area contributed by atoms with Crippen molar-refractivity contribution in [2.24, 2.45) is 0 Å². The molecule has 3 aromatic heterocycles. The number of anilines is 1. The lowest BCUT2D eigenvalue weighted by atomic mass is 10.1. The molecule has 0 unspecified atom stereocenters. The third kappa shape index (κ3) is 5.32. The fourth-order valence-electron chi connectivity index (χ4n) is 4.16. The van der Waals surface area contributed by atoms with Crippen molar-refractivity contribution in [3.05, 3.63) is 79.1 Å². The van der Waals surface area contributed by atoms with Crippen LogP contribution in [-0.4, -0.2) is 63.3 Å². The van der Waals surface area contributed by atoms with Gasteiger partial charge in [0.05, 0.1) is 17.6 Å². The van der Waals surface area contributed by atoms with Crippen molar-refractivity contribution in [1.82, 2.24) is 24.6 Å². The molecule has 0 radical (unpaired) electrons. The molecule has 0 spiro atoms. The average Bonchev–Trinajstić information content (AvgIpc) is 3.33. The zero-order valence-electron chi connectivity index (χ0n) is 19.4. The molecule has 1 fully saturated rings. The minimum Gasteiger partial charge on any atom is -0.433 e. The van der Waals surface area contributed by atoms with Gasteiger partial charge in [-0.1, -0.05) is 36.4 Å². The fraction of sp³-hybridized carbons (Fsp3) is 0.231. The largest absolute Gasteiger partial charge is 0.433 e. The second-order valence-corrected chi connectivity index (χ2v) is 8.25. The monoisotopic (exact) mass is 490 g/mol. The second-order valence-electron chi connectivity index (χ2n) is 8.25. The lowest BCUT2D eigenvalue weighted by Gasteiger charge is -2.35. The van der Waals surface area contributed by atoms with Gasteiger partial charge >= 0.3 is 6.61 Å². The highest BCUT2D eigenvalue weighted by Crippen LogP contribution is 2.26. The van der Waals surface area contributed by atoms with Gasteiger partial charge < -0.3 is 14.5 Å². The number of aromatic nitrogens is 4. The maximum absolute atomic E-state index is 13.2. The van der Waals surface area contributed by atoms with E-state index < -0.39 is 6.61 Å². The molecular weight excluding hydrogens is 466 g/mol. The Balaban J connectivity index is 1.34. The van der Waals surface area contributed by atoms with Crippen molar-refractivity contribution in [3.8, 4) is 28.4 Å². The number of carbonyl (C=O) groups excluding carboxylic acids is 1. The molecule has 1 amide bonds. The molecule has 0 atom stereocenters. The van der Waals surface area contributed by atoms with E-state index >= 15 is 0 Å². The number of amides is 1. The van der Waals surface area contributed by atoms with E-state index in [1.54, 1.807) is 16.9 Å². The Morgan fingerprint density at radius 1 is 0.917 bits per heavy atom. The van der Waals surface area contributed by atoms with Crippen molar-refractivity contribution >= 4 is 11.7 Å². The van der Waals surface area contributed by atoms with Crippen LogP contribution in [0.4, 0.5) is 14.6 Å². The molecule has 1 saturated heterocycles. The van der Waals surface area contributed by atoms with Crippen molar-refractivity contribution in [3.63, 3.8) is 0 Å². The number of ether oxygens (including phenoxy) is 1. The third-order valence-corrected chi connectivity index (χ3v) is 5.96. The summed E-state index contributed by atoms with van der Waals surface area (Å²) >= 11 is 0. The van der Waals surface area contributed by atoms with Crippen molar-refractivity contribution in [2.75, 3.05) is 31.1 Å². The number of piperazine rings is 1. The Kier molecular flexibility index (Phi) is 6.83. The van der Waals surface area contributed by atoms with E-state index in [2.05, 4.69) is 24.7 Å². The topological polar surface area (TPSA) is 76.4 Å². The Morgan fingerprint density at radius 3 is 2.36 bits per heavy atom. The van der Waals surface area contributed by atoms with Crippen LogP contribution in [0.2, 0.25) is 0 Å². The minimum absolute atomic E-state index is 0.0310. The number of hydrogen-bond acceptors (Lipinski definition) is 6. The van der Waals surface area contributed by atoms with Crippen LogP contribution in [0, 0.1) is 0 Å². The summed E-state index contributed by atoms with van der Waals surface area (Å²) in [7, 11) is 0. The maximum atomic E-state index is 13.2. The Labute approximate surface area is 206 Å². The molecule has 5 rings (SSSR count). The smallest absolute Gasteiger partial charge is 0.387 e. The molecule has 0 bridgehead atoms. The van der Waals surface area contributed by atoms with E-state index in [1.165, 1.54) is 12.3 Å². The lowest BCUT2D eigenvalue weighted by molar-refractivity contribution is -0.132. The molecule has 1 aliphatic heterocycles. The van der Waals surface area contributed by atoms with Crippen LogP contribution in [0.15, 0.2) is 79.1 Å². The number of pyridine rings is 2. The number of halogens is 2.